The minimum atomic E-state index is -0.0418. The predicted molar refractivity (Wildman–Crippen MR) is 119 cm³/mol. The molecule has 150 valence electrons. The molecular formula is C24H26ClN3O. The Bertz CT molecular complexity index is 1030. The lowest BCUT2D eigenvalue weighted by molar-refractivity contribution is 0.0902. The van der Waals surface area contributed by atoms with Crippen LogP contribution >= 0.6 is 11.6 Å². The maximum absolute atomic E-state index is 13.2. The van der Waals surface area contributed by atoms with Gasteiger partial charge in [-0.15, -0.1) is 0 Å². The third-order valence-corrected chi connectivity index (χ3v) is 6.04. The second-order valence-electron chi connectivity index (χ2n) is 7.93. The molecule has 4 nitrogen and oxygen atoms in total. The molecule has 1 aromatic heterocycles. The number of rotatable bonds is 4. The highest BCUT2D eigenvalue weighted by Gasteiger charge is 2.23. The van der Waals surface area contributed by atoms with E-state index in [1.807, 2.05) is 54.6 Å². The van der Waals surface area contributed by atoms with Gasteiger partial charge in [0.15, 0.2) is 0 Å². The van der Waals surface area contributed by atoms with E-state index in [0.29, 0.717) is 22.3 Å². The topological polar surface area (TPSA) is 45.2 Å². The second kappa shape index (κ2) is 8.52. The van der Waals surface area contributed by atoms with Crippen LogP contribution in [0.25, 0.3) is 22.2 Å². The molecule has 0 bridgehead atoms. The maximum atomic E-state index is 13.2. The number of likely N-dealkylation sites (tertiary alicyclic amines) is 1. The molecule has 1 N–H and O–H groups in total. The van der Waals surface area contributed by atoms with Crippen LogP contribution < -0.4 is 5.32 Å². The molecule has 29 heavy (non-hydrogen) atoms. The number of amides is 1. The number of piperidine rings is 1. The van der Waals surface area contributed by atoms with Gasteiger partial charge < -0.3 is 10.2 Å². The van der Waals surface area contributed by atoms with E-state index in [2.05, 4.69) is 24.1 Å². The van der Waals surface area contributed by atoms with Gasteiger partial charge in [-0.2, -0.15) is 0 Å². The average Bonchev–Trinajstić information content (AvgIpc) is 2.73. The van der Waals surface area contributed by atoms with Crippen LogP contribution in [-0.4, -0.2) is 41.0 Å². The predicted octanol–water partition coefficient (Wildman–Crippen LogP) is 5.16. The lowest BCUT2D eigenvalue weighted by Crippen LogP contribution is -2.46. The van der Waals surface area contributed by atoms with Crippen molar-refractivity contribution in [2.45, 2.75) is 38.8 Å². The number of aromatic nitrogens is 1. The Morgan fingerprint density at radius 2 is 1.79 bits per heavy atom. The number of nitrogens with zero attached hydrogens (tertiary/aromatic N) is 2. The van der Waals surface area contributed by atoms with E-state index in [1.54, 1.807) is 0 Å². The molecular weight excluding hydrogens is 382 g/mol. The Hall–Kier alpha value is -2.43. The Morgan fingerprint density at radius 3 is 2.52 bits per heavy atom. The van der Waals surface area contributed by atoms with Gasteiger partial charge in [-0.05, 0) is 44.9 Å². The van der Waals surface area contributed by atoms with Crippen molar-refractivity contribution in [2.75, 3.05) is 13.1 Å². The lowest BCUT2D eigenvalue weighted by Gasteiger charge is -2.34. The highest BCUT2D eigenvalue weighted by atomic mass is 35.5. The van der Waals surface area contributed by atoms with Gasteiger partial charge in [0.05, 0.1) is 16.8 Å². The second-order valence-corrected chi connectivity index (χ2v) is 8.34. The highest BCUT2D eigenvalue weighted by molar-refractivity contribution is 6.33. The van der Waals surface area contributed by atoms with Crippen molar-refractivity contribution < 1.29 is 4.79 Å². The summed E-state index contributed by atoms with van der Waals surface area (Å²) in [7, 11) is 0. The van der Waals surface area contributed by atoms with Crippen molar-refractivity contribution in [1.29, 1.82) is 0 Å². The van der Waals surface area contributed by atoms with E-state index in [0.717, 1.165) is 42.4 Å². The molecule has 0 unspecified atom stereocenters. The van der Waals surface area contributed by atoms with Crippen LogP contribution in [0.1, 0.15) is 37.0 Å². The summed E-state index contributed by atoms with van der Waals surface area (Å²) < 4.78 is 0. The third-order valence-electron chi connectivity index (χ3n) is 5.71. The van der Waals surface area contributed by atoms with Crippen molar-refractivity contribution in [2.24, 2.45) is 0 Å². The summed E-state index contributed by atoms with van der Waals surface area (Å²) in [6.07, 6.45) is 1.95. The quantitative estimate of drug-likeness (QED) is 0.649. The molecule has 0 aliphatic carbocycles. The van der Waals surface area contributed by atoms with E-state index in [9.17, 15) is 4.79 Å². The smallest absolute Gasteiger partial charge is 0.252 e. The van der Waals surface area contributed by atoms with Crippen molar-refractivity contribution in [3.05, 3.63) is 65.2 Å². The Balaban J connectivity index is 1.64. The van der Waals surface area contributed by atoms with E-state index in [4.69, 9.17) is 16.6 Å². The maximum Gasteiger partial charge on any atom is 0.252 e. The van der Waals surface area contributed by atoms with Crippen LogP contribution in [-0.2, 0) is 0 Å². The molecule has 0 saturated carbocycles. The minimum Gasteiger partial charge on any atom is -0.349 e. The van der Waals surface area contributed by atoms with Gasteiger partial charge >= 0.3 is 0 Å². The summed E-state index contributed by atoms with van der Waals surface area (Å²) in [5, 5.41) is 4.74. The normalized spacial score (nSPS) is 15.7. The molecule has 0 atom stereocenters. The van der Waals surface area contributed by atoms with Crippen LogP contribution in [0.2, 0.25) is 5.02 Å². The fourth-order valence-corrected chi connectivity index (χ4v) is 4.23. The lowest BCUT2D eigenvalue weighted by atomic mass is 10.0. The Labute approximate surface area is 176 Å². The molecule has 4 rings (SSSR count). The number of hydrogen-bond acceptors (Lipinski definition) is 3. The molecule has 5 heteroatoms. The van der Waals surface area contributed by atoms with Gasteiger partial charge in [0.25, 0.3) is 5.91 Å². The number of nitrogens with one attached hydrogen (secondary N) is 1. The number of carbonyl (C=O) groups excluding carboxylic acids is 1. The Morgan fingerprint density at radius 1 is 1.10 bits per heavy atom. The van der Waals surface area contributed by atoms with Crippen LogP contribution in [0.15, 0.2) is 54.6 Å². The zero-order valence-electron chi connectivity index (χ0n) is 16.9. The van der Waals surface area contributed by atoms with Gasteiger partial charge in [-0.1, -0.05) is 48.0 Å². The van der Waals surface area contributed by atoms with Crippen LogP contribution in [0.4, 0.5) is 0 Å². The zero-order valence-corrected chi connectivity index (χ0v) is 17.6. The van der Waals surface area contributed by atoms with Gasteiger partial charge in [0.2, 0.25) is 0 Å². The third kappa shape index (κ3) is 4.29. The van der Waals surface area contributed by atoms with E-state index in [1.165, 1.54) is 0 Å². The molecule has 1 aliphatic rings. The summed E-state index contributed by atoms with van der Waals surface area (Å²) in [6, 6.07) is 18.0. The number of benzene rings is 2. The van der Waals surface area contributed by atoms with Crippen LogP contribution in [0.5, 0.6) is 0 Å². The molecule has 1 aliphatic heterocycles. The molecule has 1 fully saturated rings. The summed E-state index contributed by atoms with van der Waals surface area (Å²) >= 11 is 6.39. The number of pyridine rings is 1. The van der Waals surface area contributed by atoms with Crippen LogP contribution in [0, 0.1) is 0 Å². The number of hydrogen-bond donors (Lipinski definition) is 1. The van der Waals surface area contributed by atoms with Crippen molar-refractivity contribution in [3.63, 3.8) is 0 Å². The van der Waals surface area contributed by atoms with Gasteiger partial charge in [-0.3, -0.25) is 4.79 Å². The summed E-state index contributed by atoms with van der Waals surface area (Å²) in [4.78, 5) is 20.4. The number of fused-ring (bicyclic) bond motifs is 1. The summed E-state index contributed by atoms with van der Waals surface area (Å²) in [6.45, 7) is 6.48. The first-order valence-electron chi connectivity index (χ1n) is 10.2. The molecule has 2 aromatic carbocycles. The van der Waals surface area contributed by atoms with Crippen molar-refractivity contribution in [1.82, 2.24) is 15.2 Å². The number of carbonyl (C=O) groups is 1. The average molecular weight is 408 g/mol. The fraction of sp³-hybridized carbons (Fsp3) is 0.333. The standard InChI is InChI=1S/C24H26ClN3O/c1-16(2)28-13-11-17(12-14-28)26-24(29)20-15-23(19-8-3-5-9-21(19)25)27-22-10-6-4-7-18(20)22/h3-10,15-17H,11-14H2,1-2H3,(H,26,29). The van der Waals surface area contributed by atoms with Gasteiger partial charge in [0.1, 0.15) is 0 Å². The Kier molecular flexibility index (Phi) is 5.84. The van der Waals surface area contributed by atoms with E-state index < -0.39 is 0 Å². The van der Waals surface area contributed by atoms with E-state index >= 15 is 0 Å². The molecule has 3 aromatic rings. The highest BCUT2D eigenvalue weighted by Crippen LogP contribution is 2.30. The zero-order chi connectivity index (χ0) is 20.4. The van der Waals surface area contributed by atoms with Crippen LogP contribution in [0.3, 0.4) is 0 Å². The summed E-state index contributed by atoms with van der Waals surface area (Å²) in [5.74, 6) is -0.0418. The van der Waals surface area contributed by atoms with Crippen molar-refractivity contribution >= 4 is 28.4 Å². The fourth-order valence-electron chi connectivity index (χ4n) is 3.99. The van der Waals surface area contributed by atoms with Gasteiger partial charge in [-0.25, -0.2) is 4.98 Å². The summed E-state index contributed by atoms with van der Waals surface area (Å²) in [5.41, 5.74) is 3.00. The molecule has 1 saturated heterocycles. The first-order chi connectivity index (χ1) is 14.0. The largest absolute Gasteiger partial charge is 0.349 e. The molecule has 2 heterocycles. The first-order valence-corrected chi connectivity index (χ1v) is 10.6. The number of para-hydroxylation sites is 1. The minimum absolute atomic E-state index is 0.0418. The van der Waals surface area contributed by atoms with E-state index in [-0.39, 0.29) is 11.9 Å². The number of halogens is 1. The monoisotopic (exact) mass is 407 g/mol. The molecule has 0 radical (unpaired) electrons. The SMILES string of the molecule is CC(C)N1CCC(NC(=O)c2cc(-c3ccccc3Cl)nc3ccccc23)CC1. The molecule has 1 amide bonds. The first kappa shape index (κ1) is 19.9. The molecule has 0 spiro atoms. The van der Waals surface area contributed by atoms with Gasteiger partial charge in [0, 0.05) is 41.1 Å². The van der Waals surface area contributed by atoms with Crippen molar-refractivity contribution in [3.8, 4) is 11.3 Å².